The predicted molar refractivity (Wildman–Crippen MR) is 43.5 cm³/mol. The standard InChI is InChI=1S/C7H11N3O3/c1-4(2-5(8)11)10-3-6(12)9-7(10)13/h4H,2-3H2,1H3,(H2,8,11)(H,9,12,13). The summed E-state index contributed by atoms with van der Waals surface area (Å²) in [6.45, 7) is 1.68. The second kappa shape index (κ2) is 3.42. The van der Waals surface area contributed by atoms with Gasteiger partial charge in [-0.05, 0) is 6.92 Å². The minimum absolute atomic E-state index is 0.00722. The lowest BCUT2D eigenvalue weighted by Crippen LogP contribution is -2.38. The van der Waals surface area contributed by atoms with Gasteiger partial charge in [0, 0.05) is 12.5 Å². The lowest BCUT2D eigenvalue weighted by molar-refractivity contribution is -0.120. The first-order chi connectivity index (χ1) is 6.00. The van der Waals surface area contributed by atoms with Gasteiger partial charge in [-0.15, -0.1) is 0 Å². The van der Waals surface area contributed by atoms with Crippen molar-refractivity contribution in [3.05, 3.63) is 0 Å². The van der Waals surface area contributed by atoms with Crippen molar-refractivity contribution in [2.75, 3.05) is 6.54 Å². The van der Waals surface area contributed by atoms with E-state index in [4.69, 9.17) is 5.73 Å². The maximum atomic E-state index is 11.0. The number of nitrogens with zero attached hydrogens (tertiary/aromatic N) is 1. The van der Waals surface area contributed by atoms with Crippen LogP contribution in [0.2, 0.25) is 0 Å². The Morgan fingerprint density at radius 3 is 2.69 bits per heavy atom. The normalized spacial score (nSPS) is 18.7. The van der Waals surface area contributed by atoms with Crippen molar-refractivity contribution in [2.45, 2.75) is 19.4 Å². The van der Waals surface area contributed by atoms with Crippen LogP contribution in [0.1, 0.15) is 13.3 Å². The molecular weight excluding hydrogens is 174 g/mol. The molecule has 13 heavy (non-hydrogen) atoms. The van der Waals surface area contributed by atoms with Gasteiger partial charge >= 0.3 is 6.03 Å². The van der Waals surface area contributed by atoms with E-state index in [0.717, 1.165) is 0 Å². The molecule has 4 amide bonds. The fourth-order valence-electron chi connectivity index (χ4n) is 1.21. The number of amides is 4. The van der Waals surface area contributed by atoms with Crippen LogP contribution in [0, 0.1) is 0 Å². The maximum absolute atomic E-state index is 11.0. The van der Waals surface area contributed by atoms with Crippen LogP contribution < -0.4 is 11.1 Å². The molecule has 0 aromatic rings. The zero-order chi connectivity index (χ0) is 10.0. The number of primary amides is 1. The minimum atomic E-state index is -0.486. The largest absolute Gasteiger partial charge is 0.370 e. The number of hydrogen-bond acceptors (Lipinski definition) is 3. The molecule has 1 heterocycles. The van der Waals surface area contributed by atoms with E-state index < -0.39 is 11.9 Å². The number of nitrogens with one attached hydrogen (secondary N) is 1. The molecule has 0 radical (unpaired) electrons. The smallest absolute Gasteiger partial charge is 0.324 e. The number of urea groups is 1. The van der Waals surface area contributed by atoms with Gasteiger partial charge in [-0.1, -0.05) is 0 Å². The molecule has 1 aliphatic heterocycles. The Labute approximate surface area is 75.1 Å². The van der Waals surface area contributed by atoms with Crippen LogP contribution in [-0.4, -0.2) is 35.3 Å². The molecular formula is C7H11N3O3. The average molecular weight is 185 g/mol. The van der Waals surface area contributed by atoms with E-state index in [-0.39, 0.29) is 24.9 Å². The van der Waals surface area contributed by atoms with E-state index in [1.165, 1.54) is 4.90 Å². The Hall–Kier alpha value is -1.59. The lowest BCUT2D eigenvalue weighted by atomic mass is 10.2. The van der Waals surface area contributed by atoms with Crippen molar-refractivity contribution in [1.29, 1.82) is 0 Å². The van der Waals surface area contributed by atoms with E-state index in [9.17, 15) is 14.4 Å². The summed E-state index contributed by atoms with van der Waals surface area (Å²) in [6.07, 6.45) is 0.0701. The molecule has 0 saturated carbocycles. The summed E-state index contributed by atoms with van der Waals surface area (Å²) >= 11 is 0. The van der Waals surface area contributed by atoms with Crippen molar-refractivity contribution in [1.82, 2.24) is 10.2 Å². The monoisotopic (exact) mass is 185 g/mol. The van der Waals surface area contributed by atoms with Crippen molar-refractivity contribution < 1.29 is 14.4 Å². The minimum Gasteiger partial charge on any atom is -0.370 e. The molecule has 0 aliphatic carbocycles. The molecule has 1 fully saturated rings. The van der Waals surface area contributed by atoms with Gasteiger partial charge in [-0.3, -0.25) is 14.9 Å². The first-order valence-electron chi connectivity index (χ1n) is 3.89. The lowest BCUT2D eigenvalue weighted by Gasteiger charge is -2.20. The van der Waals surface area contributed by atoms with Gasteiger partial charge in [0.25, 0.3) is 0 Å². The van der Waals surface area contributed by atoms with E-state index in [2.05, 4.69) is 5.32 Å². The molecule has 0 aromatic heterocycles. The molecule has 72 valence electrons. The van der Waals surface area contributed by atoms with Gasteiger partial charge in [-0.2, -0.15) is 0 Å². The third kappa shape index (κ3) is 2.17. The summed E-state index contributed by atoms with van der Waals surface area (Å²) in [5.41, 5.74) is 4.96. The molecule has 0 spiro atoms. The molecule has 0 aromatic carbocycles. The number of hydrogen-bond donors (Lipinski definition) is 2. The molecule has 1 unspecified atom stereocenters. The summed E-state index contributed by atoms with van der Waals surface area (Å²) in [7, 11) is 0. The highest BCUT2D eigenvalue weighted by Crippen LogP contribution is 2.07. The Balaban J connectivity index is 2.56. The molecule has 1 rings (SSSR count). The molecule has 6 nitrogen and oxygen atoms in total. The molecule has 1 aliphatic rings. The van der Waals surface area contributed by atoms with Crippen LogP contribution in [-0.2, 0) is 9.59 Å². The summed E-state index contributed by atoms with van der Waals surface area (Å²) in [4.78, 5) is 33.6. The van der Waals surface area contributed by atoms with Gasteiger partial charge in [0.1, 0.15) is 6.54 Å². The van der Waals surface area contributed by atoms with Crippen LogP contribution >= 0.6 is 0 Å². The molecule has 1 saturated heterocycles. The van der Waals surface area contributed by atoms with Crippen LogP contribution in [0.15, 0.2) is 0 Å². The van der Waals surface area contributed by atoms with Crippen LogP contribution in [0.4, 0.5) is 4.79 Å². The fourth-order valence-corrected chi connectivity index (χ4v) is 1.21. The van der Waals surface area contributed by atoms with Gasteiger partial charge in [0.05, 0.1) is 0 Å². The molecule has 3 N–H and O–H groups in total. The van der Waals surface area contributed by atoms with E-state index in [0.29, 0.717) is 0 Å². The topological polar surface area (TPSA) is 92.5 Å². The van der Waals surface area contributed by atoms with Gasteiger partial charge in [-0.25, -0.2) is 4.79 Å². The Bertz CT molecular complexity index is 264. The average Bonchev–Trinajstić information content (AvgIpc) is 2.28. The third-order valence-electron chi connectivity index (χ3n) is 1.85. The quantitative estimate of drug-likeness (QED) is 0.541. The number of rotatable bonds is 3. The van der Waals surface area contributed by atoms with Crippen molar-refractivity contribution in [2.24, 2.45) is 5.73 Å². The summed E-state index contributed by atoms with van der Waals surface area (Å²) < 4.78 is 0. The first kappa shape index (κ1) is 9.50. The second-order valence-electron chi connectivity index (χ2n) is 3.00. The highest BCUT2D eigenvalue weighted by molar-refractivity contribution is 6.02. The van der Waals surface area contributed by atoms with Gasteiger partial charge < -0.3 is 10.6 Å². The summed E-state index contributed by atoms with van der Waals surface area (Å²) in [5.74, 6) is -0.832. The predicted octanol–water partition coefficient (Wildman–Crippen LogP) is -1.20. The van der Waals surface area contributed by atoms with Crippen LogP contribution in [0.5, 0.6) is 0 Å². The SMILES string of the molecule is CC(CC(N)=O)N1CC(=O)NC1=O. The maximum Gasteiger partial charge on any atom is 0.324 e. The van der Waals surface area contributed by atoms with Crippen LogP contribution in [0.3, 0.4) is 0 Å². The Kier molecular flexibility index (Phi) is 2.50. The second-order valence-corrected chi connectivity index (χ2v) is 3.00. The Morgan fingerprint density at radius 2 is 2.31 bits per heavy atom. The van der Waals surface area contributed by atoms with Gasteiger partial charge in [0.15, 0.2) is 0 Å². The first-order valence-corrected chi connectivity index (χ1v) is 3.89. The van der Waals surface area contributed by atoms with Crippen molar-refractivity contribution in [3.63, 3.8) is 0 Å². The Morgan fingerprint density at radius 1 is 1.69 bits per heavy atom. The summed E-state index contributed by atoms with van der Waals surface area (Å²) in [5, 5.41) is 2.12. The molecule has 0 bridgehead atoms. The number of imide groups is 1. The molecule has 6 heteroatoms. The van der Waals surface area contributed by atoms with Crippen molar-refractivity contribution >= 4 is 17.8 Å². The van der Waals surface area contributed by atoms with E-state index >= 15 is 0 Å². The van der Waals surface area contributed by atoms with Crippen LogP contribution in [0.25, 0.3) is 0 Å². The highest BCUT2D eigenvalue weighted by atomic mass is 16.2. The van der Waals surface area contributed by atoms with Crippen molar-refractivity contribution in [3.8, 4) is 0 Å². The van der Waals surface area contributed by atoms with E-state index in [1.807, 2.05) is 0 Å². The highest BCUT2D eigenvalue weighted by Gasteiger charge is 2.30. The van der Waals surface area contributed by atoms with Gasteiger partial charge in [0.2, 0.25) is 11.8 Å². The van der Waals surface area contributed by atoms with E-state index in [1.54, 1.807) is 6.92 Å². The number of carbonyl (C=O) groups is 3. The zero-order valence-electron chi connectivity index (χ0n) is 7.24. The summed E-state index contributed by atoms with van der Waals surface area (Å²) in [6, 6.07) is -0.789. The number of carbonyl (C=O) groups excluding carboxylic acids is 3. The zero-order valence-corrected chi connectivity index (χ0v) is 7.24. The fraction of sp³-hybridized carbons (Fsp3) is 0.571. The number of nitrogens with two attached hydrogens (primary N) is 1. The third-order valence-corrected chi connectivity index (χ3v) is 1.85. The molecule has 1 atom stereocenters.